The maximum atomic E-state index is 12.8. The highest BCUT2D eigenvalue weighted by Crippen LogP contribution is 2.26. The van der Waals surface area contributed by atoms with Crippen LogP contribution in [0.3, 0.4) is 0 Å². The van der Waals surface area contributed by atoms with Crippen molar-refractivity contribution in [2.45, 2.75) is 12.5 Å². The van der Waals surface area contributed by atoms with Crippen LogP contribution in [-0.4, -0.2) is 23.0 Å². The topological polar surface area (TPSA) is 91.6 Å². The Balaban J connectivity index is 1.80. The molecule has 6 nitrogen and oxygen atoms in total. The van der Waals surface area contributed by atoms with Gasteiger partial charge in [0, 0.05) is 11.4 Å². The van der Waals surface area contributed by atoms with E-state index in [1.54, 1.807) is 6.07 Å². The van der Waals surface area contributed by atoms with E-state index in [-0.39, 0.29) is 23.6 Å². The summed E-state index contributed by atoms with van der Waals surface area (Å²) in [6, 6.07) is 15.8. The number of aromatic hydroxyl groups is 1. The first-order chi connectivity index (χ1) is 13.0. The Morgan fingerprint density at radius 3 is 2.56 bits per heavy atom. The molecule has 0 fully saturated rings. The van der Waals surface area contributed by atoms with Crippen LogP contribution < -0.4 is 10.6 Å². The first-order valence-electron chi connectivity index (χ1n) is 8.20. The lowest BCUT2D eigenvalue weighted by Crippen LogP contribution is -2.45. The fourth-order valence-corrected chi connectivity index (χ4v) is 2.70. The molecule has 0 aliphatic carbocycles. The van der Waals surface area contributed by atoms with Gasteiger partial charge in [0.05, 0.1) is 12.0 Å². The van der Waals surface area contributed by atoms with Gasteiger partial charge >= 0.3 is 0 Å². The van der Waals surface area contributed by atoms with Gasteiger partial charge in [-0.1, -0.05) is 41.9 Å². The molecule has 3 rings (SSSR count). The van der Waals surface area contributed by atoms with Gasteiger partial charge in [-0.25, -0.2) is 0 Å². The summed E-state index contributed by atoms with van der Waals surface area (Å²) in [6.07, 6.45) is 1.64. The van der Waals surface area contributed by atoms with Crippen LogP contribution in [0.15, 0.2) is 71.3 Å². The zero-order valence-electron chi connectivity index (χ0n) is 14.2. The number of phenols is 1. The zero-order valence-corrected chi connectivity index (χ0v) is 14.9. The number of nitrogens with one attached hydrogen (secondary N) is 2. The number of rotatable bonds is 6. The molecular formula is C20H17ClN2O4. The van der Waals surface area contributed by atoms with Gasteiger partial charge in [-0.15, -0.1) is 0 Å². The number of hydrogen-bond acceptors (Lipinski definition) is 4. The van der Waals surface area contributed by atoms with Crippen LogP contribution in [0.1, 0.15) is 16.1 Å². The Morgan fingerprint density at radius 2 is 1.85 bits per heavy atom. The predicted molar refractivity (Wildman–Crippen MR) is 102 cm³/mol. The van der Waals surface area contributed by atoms with Crippen molar-refractivity contribution in [1.82, 2.24) is 5.32 Å². The molecule has 2 amide bonds. The largest absolute Gasteiger partial charge is 0.506 e. The lowest BCUT2D eigenvalue weighted by Gasteiger charge is -2.18. The predicted octanol–water partition coefficient (Wildman–Crippen LogP) is 3.62. The summed E-state index contributed by atoms with van der Waals surface area (Å²) >= 11 is 5.92. The molecule has 0 aliphatic rings. The molecule has 0 radical (unpaired) electrons. The van der Waals surface area contributed by atoms with Gasteiger partial charge in [0.25, 0.3) is 5.91 Å². The lowest BCUT2D eigenvalue weighted by atomic mass is 10.0. The van der Waals surface area contributed by atoms with Crippen molar-refractivity contribution in [3.05, 3.63) is 83.3 Å². The Morgan fingerprint density at radius 1 is 1.07 bits per heavy atom. The Kier molecular flexibility index (Phi) is 5.78. The van der Waals surface area contributed by atoms with Crippen molar-refractivity contribution in [3.63, 3.8) is 0 Å². The van der Waals surface area contributed by atoms with E-state index in [0.29, 0.717) is 5.02 Å². The molecule has 0 spiro atoms. The molecule has 0 saturated heterocycles. The van der Waals surface area contributed by atoms with Crippen LogP contribution in [0.4, 0.5) is 5.69 Å². The number of halogens is 1. The molecule has 0 aliphatic heterocycles. The van der Waals surface area contributed by atoms with Crippen LogP contribution in [0.5, 0.6) is 5.75 Å². The van der Waals surface area contributed by atoms with Gasteiger partial charge in [-0.3, -0.25) is 9.59 Å². The second kappa shape index (κ2) is 8.42. The van der Waals surface area contributed by atoms with Gasteiger partial charge in [-0.2, -0.15) is 0 Å². The maximum absolute atomic E-state index is 12.8. The van der Waals surface area contributed by atoms with Crippen LogP contribution in [-0.2, 0) is 11.2 Å². The monoisotopic (exact) mass is 384 g/mol. The fourth-order valence-electron chi connectivity index (χ4n) is 2.52. The first-order valence-corrected chi connectivity index (χ1v) is 8.58. The van der Waals surface area contributed by atoms with Crippen LogP contribution in [0, 0.1) is 0 Å². The van der Waals surface area contributed by atoms with Gasteiger partial charge in [0.1, 0.15) is 11.8 Å². The van der Waals surface area contributed by atoms with Crippen LogP contribution >= 0.6 is 11.6 Å². The normalized spacial score (nSPS) is 11.6. The summed E-state index contributed by atoms with van der Waals surface area (Å²) in [5.41, 5.74) is 1.03. The SMILES string of the molecule is O=C(NC(Cc1ccccc1)C(=O)Nc1cc(Cl)ccc1O)c1ccco1. The van der Waals surface area contributed by atoms with Gasteiger partial charge in [0.2, 0.25) is 5.91 Å². The van der Waals surface area contributed by atoms with Crippen molar-refractivity contribution < 1.29 is 19.1 Å². The molecule has 7 heteroatoms. The molecule has 1 aromatic heterocycles. The second-order valence-electron chi connectivity index (χ2n) is 5.84. The zero-order chi connectivity index (χ0) is 19.2. The average molecular weight is 385 g/mol. The Labute approximate surface area is 160 Å². The molecule has 0 saturated carbocycles. The van der Waals surface area contributed by atoms with Gasteiger partial charge < -0.3 is 20.2 Å². The van der Waals surface area contributed by atoms with Crippen molar-refractivity contribution in [3.8, 4) is 5.75 Å². The molecule has 0 bridgehead atoms. The number of carbonyl (C=O) groups excluding carboxylic acids is 2. The van der Waals surface area contributed by atoms with E-state index >= 15 is 0 Å². The van der Waals surface area contributed by atoms with E-state index in [1.165, 1.54) is 30.5 Å². The summed E-state index contributed by atoms with van der Waals surface area (Å²) in [6.45, 7) is 0. The molecule has 3 N–H and O–H groups in total. The van der Waals surface area contributed by atoms with Gasteiger partial charge in [-0.05, 0) is 35.9 Å². The molecule has 1 heterocycles. The first kappa shape index (κ1) is 18.5. The summed E-state index contributed by atoms with van der Waals surface area (Å²) in [4.78, 5) is 25.1. The number of anilines is 1. The van der Waals surface area contributed by atoms with Gasteiger partial charge in [0.15, 0.2) is 5.76 Å². The molecular weight excluding hydrogens is 368 g/mol. The Bertz CT molecular complexity index is 926. The minimum Gasteiger partial charge on any atom is -0.506 e. The quantitative estimate of drug-likeness (QED) is 0.566. The summed E-state index contributed by atoms with van der Waals surface area (Å²) in [5, 5.41) is 15.5. The van der Waals surface area contributed by atoms with E-state index in [0.717, 1.165) is 5.56 Å². The third kappa shape index (κ3) is 4.89. The van der Waals surface area contributed by atoms with E-state index in [2.05, 4.69) is 10.6 Å². The fraction of sp³-hybridized carbons (Fsp3) is 0.100. The number of amides is 2. The molecule has 1 unspecified atom stereocenters. The molecule has 1 atom stereocenters. The van der Waals surface area contributed by atoms with E-state index in [4.69, 9.17) is 16.0 Å². The molecule has 27 heavy (non-hydrogen) atoms. The lowest BCUT2D eigenvalue weighted by molar-refractivity contribution is -0.118. The van der Waals surface area contributed by atoms with Crippen molar-refractivity contribution in [1.29, 1.82) is 0 Å². The maximum Gasteiger partial charge on any atom is 0.287 e. The van der Waals surface area contributed by atoms with Crippen molar-refractivity contribution in [2.75, 3.05) is 5.32 Å². The summed E-state index contributed by atoms with van der Waals surface area (Å²) in [7, 11) is 0. The summed E-state index contributed by atoms with van der Waals surface area (Å²) < 4.78 is 5.08. The third-order valence-corrected chi connectivity index (χ3v) is 4.10. The minimum atomic E-state index is -0.886. The molecule has 2 aromatic carbocycles. The minimum absolute atomic E-state index is 0.103. The third-order valence-electron chi connectivity index (χ3n) is 3.87. The van der Waals surface area contributed by atoms with Crippen LogP contribution in [0.2, 0.25) is 5.02 Å². The van der Waals surface area contributed by atoms with Crippen molar-refractivity contribution in [2.24, 2.45) is 0 Å². The Hall–Kier alpha value is -3.25. The standard InChI is InChI=1S/C20H17ClN2O4/c21-14-8-9-17(24)15(12-14)22-19(25)16(11-13-5-2-1-3-6-13)23-20(26)18-7-4-10-27-18/h1-10,12,16,24H,11H2,(H,22,25)(H,23,26). The molecule has 3 aromatic rings. The van der Waals surface area contributed by atoms with E-state index in [9.17, 15) is 14.7 Å². The number of carbonyl (C=O) groups is 2. The van der Waals surface area contributed by atoms with Crippen LogP contribution in [0.25, 0.3) is 0 Å². The van der Waals surface area contributed by atoms with Crippen molar-refractivity contribution >= 4 is 29.1 Å². The smallest absolute Gasteiger partial charge is 0.287 e. The highest BCUT2D eigenvalue weighted by molar-refractivity contribution is 6.31. The highest BCUT2D eigenvalue weighted by atomic mass is 35.5. The average Bonchev–Trinajstić information content (AvgIpc) is 3.20. The number of phenolic OH excluding ortho intramolecular Hbond substituents is 1. The van der Waals surface area contributed by atoms with E-state index < -0.39 is 17.9 Å². The van der Waals surface area contributed by atoms with E-state index in [1.807, 2.05) is 30.3 Å². The number of hydrogen-bond donors (Lipinski definition) is 3. The number of benzene rings is 2. The number of furan rings is 1. The summed E-state index contributed by atoms with van der Waals surface area (Å²) in [5.74, 6) is -1.02. The highest BCUT2D eigenvalue weighted by Gasteiger charge is 2.24. The second-order valence-corrected chi connectivity index (χ2v) is 6.28. The molecule has 138 valence electrons.